The van der Waals surface area contributed by atoms with Crippen molar-refractivity contribution in [2.45, 2.75) is 25.5 Å². The van der Waals surface area contributed by atoms with Crippen LogP contribution in [-0.4, -0.2) is 43.1 Å². The van der Waals surface area contributed by atoms with Gasteiger partial charge < -0.3 is 20.3 Å². The zero-order valence-electron chi connectivity index (χ0n) is 14.7. The third kappa shape index (κ3) is 4.83. The van der Waals surface area contributed by atoms with E-state index < -0.39 is 0 Å². The lowest BCUT2D eigenvalue weighted by Gasteiger charge is -2.25. The van der Waals surface area contributed by atoms with Gasteiger partial charge in [-0.2, -0.15) is 11.3 Å². The summed E-state index contributed by atoms with van der Waals surface area (Å²) >= 11 is 1.61. The lowest BCUT2D eigenvalue weighted by Crippen LogP contribution is -2.39. The molecule has 1 saturated heterocycles. The highest BCUT2D eigenvalue weighted by atomic mass is 32.1. The second kappa shape index (κ2) is 8.82. The number of thiophene rings is 1. The van der Waals surface area contributed by atoms with E-state index in [1.54, 1.807) is 47.5 Å². The first-order valence-electron chi connectivity index (χ1n) is 8.66. The first-order valence-corrected chi connectivity index (χ1v) is 9.61. The third-order valence-corrected chi connectivity index (χ3v) is 5.02. The fourth-order valence-electron chi connectivity index (χ4n) is 2.94. The van der Waals surface area contributed by atoms with Gasteiger partial charge in [-0.25, -0.2) is 4.79 Å². The number of benzene rings is 1. The van der Waals surface area contributed by atoms with E-state index >= 15 is 0 Å². The van der Waals surface area contributed by atoms with Crippen LogP contribution in [0.2, 0.25) is 0 Å². The molecule has 3 amide bonds. The highest BCUT2D eigenvalue weighted by molar-refractivity contribution is 7.07. The summed E-state index contributed by atoms with van der Waals surface area (Å²) in [6.07, 6.45) is 2.09. The van der Waals surface area contributed by atoms with Gasteiger partial charge in [0.1, 0.15) is 0 Å². The Morgan fingerprint density at radius 2 is 2.23 bits per heavy atom. The summed E-state index contributed by atoms with van der Waals surface area (Å²) in [4.78, 5) is 26.4. The smallest absolute Gasteiger partial charge is 0.322 e. The van der Waals surface area contributed by atoms with Crippen molar-refractivity contribution in [1.82, 2.24) is 10.2 Å². The van der Waals surface area contributed by atoms with Gasteiger partial charge in [0.05, 0.1) is 6.10 Å². The van der Waals surface area contributed by atoms with Crippen molar-refractivity contribution >= 4 is 29.0 Å². The van der Waals surface area contributed by atoms with E-state index in [9.17, 15) is 9.59 Å². The number of anilines is 1. The first kappa shape index (κ1) is 18.4. The quantitative estimate of drug-likeness (QED) is 0.816. The maximum absolute atomic E-state index is 12.8. The molecule has 1 aromatic heterocycles. The van der Waals surface area contributed by atoms with Crippen LogP contribution in [0.1, 0.15) is 28.8 Å². The molecule has 1 aromatic carbocycles. The fraction of sp³-hybridized carbons (Fsp3) is 0.368. The van der Waals surface area contributed by atoms with E-state index in [0.29, 0.717) is 24.3 Å². The minimum atomic E-state index is -0.194. The molecule has 0 unspecified atom stereocenters. The van der Waals surface area contributed by atoms with E-state index in [2.05, 4.69) is 10.6 Å². The van der Waals surface area contributed by atoms with Gasteiger partial charge in [-0.15, -0.1) is 0 Å². The van der Waals surface area contributed by atoms with Crippen LogP contribution in [0.15, 0.2) is 41.1 Å². The summed E-state index contributed by atoms with van der Waals surface area (Å²) in [6, 6.07) is 8.74. The minimum Gasteiger partial charge on any atom is -0.376 e. The van der Waals surface area contributed by atoms with Gasteiger partial charge in [-0.05, 0) is 53.4 Å². The summed E-state index contributed by atoms with van der Waals surface area (Å²) in [7, 11) is 1.58. The van der Waals surface area contributed by atoms with Gasteiger partial charge in [0.2, 0.25) is 0 Å². The molecule has 26 heavy (non-hydrogen) atoms. The van der Waals surface area contributed by atoms with Crippen LogP contribution in [-0.2, 0) is 11.3 Å². The SMILES string of the molecule is CNC(=O)c1cccc(NC(=O)N(Cc2ccsc2)C[C@H]2CCCO2)c1. The predicted molar refractivity (Wildman–Crippen MR) is 103 cm³/mol. The van der Waals surface area contributed by atoms with Crippen LogP contribution in [0, 0.1) is 0 Å². The zero-order valence-corrected chi connectivity index (χ0v) is 15.6. The number of amides is 3. The van der Waals surface area contributed by atoms with Gasteiger partial charge in [-0.3, -0.25) is 4.79 Å². The Morgan fingerprint density at radius 3 is 2.92 bits per heavy atom. The second-order valence-corrected chi connectivity index (χ2v) is 7.02. The van der Waals surface area contributed by atoms with Crippen LogP contribution >= 0.6 is 11.3 Å². The second-order valence-electron chi connectivity index (χ2n) is 6.24. The highest BCUT2D eigenvalue weighted by Crippen LogP contribution is 2.18. The number of hydrogen-bond donors (Lipinski definition) is 2. The lowest BCUT2D eigenvalue weighted by molar-refractivity contribution is 0.0819. The molecule has 0 saturated carbocycles. The van der Waals surface area contributed by atoms with E-state index in [-0.39, 0.29) is 18.0 Å². The van der Waals surface area contributed by atoms with Gasteiger partial charge in [0.15, 0.2) is 0 Å². The molecule has 0 bridgehead atoms. The predicted octanol–water partition coefficient (Wildman–Crippen LogP) is 3.32. The Kier molecular flexibility index (Phi) is 6.25. The Hall–Kier alpha value is -2.38. The fourth-order valence-corrected chi connectivity index (χ4v) is 3.60. The van der Waals surface area contributed by atoms with Gasteiger partial charge in [-0.1, -0.05) is 6.07 Å². The Bertz CT molecular complexity index is 742. The van der Waals surface area contributed by atoms with Crippen molar-refractivity contribution in [3.05, 3.63) is 52.2 Å². The highest BCUT2D eigenvalue weighted by Gasteiger charge is 2.23. The van der Waals surface area contributed by atoms with Crippen molar-refractivity contribution in [2.24, 2.45) is 0 Å². The number of nitrogens with one attached hydrogen (secondary N) is 2. The molecule has 1 atom stereocenters. The van der Waals surface area contributed by atoms with Crippen LogP contribution in [0.4, 0.5) is 10.5 Å². The number of urea groups is 1. The molecule has 138 valence electrons. The van der Waals surface area contributed by atoms with Gasteiger partial charge in [0, 0.05) is 38.0 Å². The third-order valence-electron chi connectivity index (χ3n) is 4.29. The topological polar surface area (TPSA) is 70.7 Å². The van der Waals surface area contributed by atoms with Crippen molar-refractivity contribution in [2.75, 3.05) is 25.5 Å². The zero-order chi connectivity index (χ0) is 18.4. The maximum atomic E-state index is 12.8. The van der Waals surface area contributed by atoms with Crippen LogP contribution in [0.25, 0.3) is 0 Å². The van der Waals surface area contributed by atoms with E-state index in [1.165, 1.54) is 0 Å². The average molecular weight is 373 g/mol. The number of ether oxygens (including phenoxy) is 1. The normalized spacial score (nSPS) is 16.3. The Morgan fingerprint density at radius 1 is 1.35 bits per heavy atom. The Balaban J connectivity index is 1.70. The molecule has 2 aromatic rings. The van der Waals surface area contributed by atoms with E-state index in [1.807, 2.05) is 16.8 Å². The molecule has 1 aliphatic heterocycles. The molecule has 1 fully saturated rings. The number of nitrogens with zero attached hydrogens (tertiary/aromatic N) is 1. The van der Waals surface area contributed by atoms with Crippen molar-refractivity contribution in [3.8, 4) is 0 Å². The molecule has 7 heteroatoms. The summed E-state index contributed by atoms with van der Waals surface area (Å²) < 4.78 is 5.70. The molecule has 3 rings (SSSR count). The molecule has 6 nitrogen and oxygen atoms in total. The summed E-state index contributed by atoms with van der Waals surface area (Å²) in [6.45, 7) is 1.84. The van der Waals surface area contributed by atoms with Crippen LogP contribution < -0.4 is 10.6 Å². The van der Waals surface area contributed by atoms with Gasteiger partial charge >= 0.3 is 6.03 Å². The molecular weight excluding hydrogens is 350 g/mol. The maximum Gasteiger partial charge on any atom is 0.322 e. The molecule has 0 radical (unpaired) electrons. The van der Waals surface area contributed by atoms with E-state index in [4.69, 9.17) is 4.74 Å². The molecule has 0 aliphatic carbocycles. The molecule has 0 spiro atoms. The van der Waals surface area contributed by atoms with Crippen molar-refractivity contribution in [1.29, 1.82) is 0 Å². The lowest BCUT2D eigenvalue weighted by atomic mass is 10.2. The summed E-state index contributed by atoms with van der Waals surface area (Å²) in [5.41, 5.74) is 2.20. The standard InChI is InChI=1S/C19H23N3O3S/c1-20-18(23)15-4-2-5-16(10-15)21-19(24)22(11-14-7-9-26-13-14)12-17-6-3-8-25-17/h2,4-5,7,9-10,13,17H,3,6,8,11-12H2,1H3,(H,20,23)(H,21,24)/t17-/m1/s1. The Labute approximate surface area is 157 Å². The van der Waals surface area contributed by atoms with Crippen LogP contribution in [0.5, 0.6) is 0 Å². The number of hydrogen-bond acceptors (Lipinski definition) is 4. The average Bonchev–Trinajstić information content (AvgIpc) is 3.34. The molecule has 1 aliphatic rings. The largest absolute Gasteiger partial charge is 0.376 e. The van der Waals surface area contributed by atoms with Gasteiger partial charge in [0.25, 0.3) is 5.91 Å². The number of carbonyl (C=O) groups excluding carboxylic acids is 2. The number of rotatable bonds is 6. The minimum absolute atomic E-state index is 0.0802. The molecular formula is C19H23N3O3S. The molecule has 2 heterocycles. The summed E-state index contributed by atoms with van der Waals surface area (Å²) in [5, 5.41) is 9.54. The first-order chi connectivity index (χ1) is 12.7. The van der Waals surface area contributed by atoms with Crippen LogP contribution in [0.3, 0.4) is 0 Å². The van der Waals surface area contributed by atoms with E-state index in [0.717, 1.165) is 25.0 Å². The molecule has 2 N–H and O–H groups in total. The number of carbonyl (C=O) groups is 2. The van der Waals surface area contributed by atoms with Crippen molar-refractivity contribution in [3.63, 3.8) is 0 Å². The monoisotopic (exact) mass is 373 g/mol. The van der Waals surface area contributed by atoms with Crippen molar-refractivity contribution < 1.29 is 14.3 Å². The summed E-state index contributed by atoms with van der Waals surface area (Å²) in [5.74, 6) is -0.185.